The first-order valence-corrected chi connectivity index (χ1v) is 10.8. The van der Waals surface area contributed by atoms with E-state index in [1.165, 1.54) is 17.4 Å². The predicted molar refractivity (Wildman–Crippen MR) is 120 cm³/mol. The third kappa shape index (κ3) is 3.62. The lowest BCUT2D eigenvalue weighted by molar-refractivity contribution is -0.142. The number of aromatic nitrogens is 1. The van der Waals surface area contributed by atoms with Crippen LogP contribution in [0.25, 0.3) is 42.2 Å². The number of alkyl halides is 6. The first kappa shape index (κ1) is 21.7. The number of pyridine rings is 1. The molecular formula is C25H15F6NS. The van der Waals surface area contributed by atoms with Crippen molar-refractivity contribution in [2.75, 3.05) is 0 Å². The lowest BCUT2D eigenvalue weighted by Crippen LogP contribution is -2.11. The fourth-order valence-corrected chi connectivity index (χ4v) is 5.64. The van der Waals surface area contributed by atoms with Gasteiger partial charge in [0.2, 0.25) is 0 Å². The van der Waals surface area contributed by atoms with Gasteiger partial charge in [-0.2, -0.15) is 26.3 Å². The molecule has 1 nitrogen and oxygen atoms in total. The van der Waals surface area contributed by atoms with Gasteiger partial charge in [0, 0.05) is 32.6 Å². The summed E-state index contributed by atoms with van der Waals surface area (Å²) in [5, 5.41) is 1.02. The van der Waals surface area contributed by atoms with E-state index in [2.05, 4.69) is 4.98 Å². The Labute approximate surface area is 188 Å². The van der Waals surface area contributed by atoms with Crippen LogP contribution in [0.3, 0.4) is 0 Å². The lowest BCUT2D eigenvalue weighted by Gasteiger charge is -2.15. The molecule has 0 radical (unpaired) electrons. The van der Waals surface area contributed by atoms with Gasteiger partial charge >= 0.3 is 12.4 Å². The molecule has 0 amide bonds. The van der Waals surface area contributed by atoms with E-state index in [-0.39, 0.29) is 16.8 Å². The van der Waals surface area contributed by atoms with Crippen LogP contribution < -0.4 is 0 Å². The molecule has 2 heterocycles. The molecule has 168 valence electrons. The highest BCUT2D eigenvalue weighted by Gasteiger charge is 2.38. The molecule has 0 saturated carbocycles. The van der Waals surface area contributed by atoms with Crippen molar-refractivity contribution in [3.8, 4) is 11.3 Å². The molecule has 0 aliphatic carbocycles. The summed E-state index contributed by atoms with van der Waals surface area (Å²) < 4.78 is 82.6. The molecule has 0 fully saturated rings. The maximum atomic E-state index is 13.7. The van der Waals surface area contributed by atoms with Crippen molar-refractivity contribution < 1.29 is 26.3 Å². The van der Waals surface area contributed by atoms with E-state index in [1.807, 2.05) is 32.0 Å². The molecule has 5 rings (SSSR count). The second kappa shape index (κ2) is 7.18. The van der Waals surface area contributed by atoms with Gasteiger partial charge in [-0.1, -0.05) is 29.3 Å². The smallest absolute Gasteiger partial charge is 0.255 e. The summed E-state index contributed by atoms with van der Waals surface area (Å²) in [7, 11) is 0. The molecule has 0 N–H and O–H groups in total. The summed E-state index contributed by atoms with van der Waals surface area (Å²) in [6.45, 7) is 3.90. The van der Waals surface area contributed by atoms with Crippen molar-refractivity contribution in [2.45, 2.75) is 26.2 Å². The van der Waals surface area contributed by atoms with Gasteiger partial charge < -0.3 is 0 Å². The zero-order valence-electron chi connectivity index (χ0n) is 17.3. The van der Waals surface area contributed by atoms with Crippen LogP contribution in [0.2, 0.25) is 0 Å². The van der Waals surface area contributed by atoms with Gasteiger partial charge in [0.15, 0.2) is 0 Å². The number of rotatable bonds is 1. The molecule has 0 atom stereocenters. The highest BCUT2D eigenvalue weighted by atomic mass is 32.1. The summed E-state index contributed by atoms with van der Waals surface area (Å²) in [5.41, 5.74) is 0.942. The van der Waals surface area contributed by atoms with Crippen LogP contribution in [0.5, 0.6) is 0 Å². The Morgan fingerprint density at radius 1 is 0.667 bits per heavy atom. The SMILES string of the molecule is Cc1cc(C)cc(-c2nccc3c2sc2c4cc(C(F)(F)F)cc(C(F)(F)F)c4ccc32)c1. The number of halogens is 6. The summed E-state index contributed by atoms with van der Waals surface area (Å²) >= 11 is 1.17. The van der Waals surface area contributed by atoms with Crippen molar-refractivity contribution in [1.82, 2.24) is 4.98 Å². The third-order valence-electron chi connectivity index (χ3n) is 5.61. The van der Waals surface area contributed by atoms with Crippen LogP contribution in [0.4, 0.5) is 26.3 Å². The number of hydrogen-bond donors (Lipinski definition) is 0. The molecule has 33 heavy (non-hydrogen) atoms. The number of aryl methyl sites for hydroxylation is 2. The summed E-state index contributed by atoms with van der Waals surface area (Å²) in [6.07, 6.45) is -8.21. The molecule has 0 unspecified atom stereocenters. The molecule has 3 aromatic carbocycles. The second-order valence-corrected chi connectivity index (χ2v) is 9.09. The zero-order chi connectivity index (χ0) is 23.7. The van der Waals surface area contributed by atoms with Gasteiger partial charge in [-0.15, -0.1) is 11.3 Å². The van der Waals surface area contributed by atoms with Crippen molar-refractivity contribution >= 4 is 42.3 Å². The zero-order valence-corrected chi connectivity index (χ0v) is 18.1. The summed E-state index contributed by atoms with van der Waals surface area (Å²) in [5.74, 6) is 0. The number of hydrogen-bond acceptors (Lipinski definition) is 2. The Morgan fingerprint density at radius 2 is 1.30 bits per heavy atom. The maximum absolute atomic E-state index is 13.7. The van der Waals surface area contributed by atoms with Gasteiger partial charge in [0.25, 0.3) is 0 Å². The van der Waals surface area contributed by atoms with Crippen molar-refractivity contribution in [1.29, 1.82) is 0 Å². The van der Waals surface area contributed by atoms with Crippen molar-refractivity contribution in [2.24, 2.45) is 0 Å². The molecule has 0 saturated heterocycles. The first-order chi connectivity index (χ1) is 15.4. The minimum Gasteiger partial charge on any atom is -0.255 e. The standard InChI is InChI=1S/C25H15F6NS/c1-12-7-13(2)9-14(8-12)21-23-18(5-6-32-21)17-4-3-16-19(22(17)33-23)10-15(24(26,27)28)11-20(16)25(29,30)31/h3-11H,1-2H3. The van der Waals surface area contributed by atoms with E-state index in [4.69, 9.17) is 0 Å². The van der Waals surface area contributed by atoms with Gasteiger partial charge in [-0.05, 0) is 49.6 Å². The number of benzene rings is 3. The average Bonchev–Trinajstić information content (AvgIpc) is 3.10. The average molecular weight is 475 g/mol. The second-order valence-electron chi connectivity index (χ2n) is 8.07. The molecule has 8 heteroatoms. The van der Waals surface area contributed by atoms with Gasteiger partial charge in [0.05, 0.1) is 21.5 Å². The lowest BCUT2D eigenvalue weighted by atomic mass is 9.98. The fourth-order valence-electron chi connectivity index (χ4n) is 4.31. The van der Waals surface area contributed by atoms with E-state index in [0.29, 0.717) is 15.8 Å². The van der Waals surface area contributed by atoms with E-state index in [1.54, 1.807) is 18.3 Å². The summed E-state index contributed by atoms with van der Waals surface area (Å²) in [6, 6.07) is 11.5. The highest BCUT2D eigenvalue weighted by Crippen LogP contribution is 2.46. The summed E-state index contributed by atoms with van der Waals surface area (Å²) in [4.78, 5) is 4.50. The van der Waals surface area contributed by atoms with E-state index >= 15 is 0 Å². The number of thiophene rings is 1. The number of nitrogens with zero attached hydrogens (tertiary/aromatic N) is 1. The van der Waals surface area contributed by atoms with Crippen LogP contribution in [-0.2, 0) is 12.4 Å². The van der Waals surface area contributed by atoms with Crippen LogP contribution in [-0.4, -0.2) is 4.98 Å². The quantitative estimate of drug-likeness (QED) is 0.221. The maximum Gasteiger partial charge on any atom is 0.417 e. The molecule has 0 aliphatic heterocycles. The predicted octanol–water partition coefficient (Wildman–Crippen LogP) is 8.92. The topological polar surface area (TPSA) is 12.9 Å². The fraction of sp³-hybridized carbons (Fsp3) is 0.160. The largest absolute Gasteiger partial charge is 0.417 e. The van der Waals surface area contributed by atoms with Crippen molar-refractivity contribution in [3.63, 3.8) is 0 Å². The van der Waals surface area contributed by atoms with Crippen LogP contribution in [0, 0.1) is 13.8 Å². The Bertz CT molecular complexity index is 1540. The highest BCUT2D eigenvalue weighted by molar-refractivity contribution is 7.27. The minimum atomic E-state index is -4.92. The van der Waals surface area contributed by atoms with Crippen molar-refractivity contribution in [3.05, 3.63) is 77.0 Å². The normalized spacial score (nSPS) is 12.8. The molecule has 0 bridgehead atoms. The van der Waals surface area contributed by atoms with E-state index < -0.39 is 23.5 Å². The Kier molecular flexibility index (Phi) is 4.72. The number of fused-ring (bicyclic) bond motifs is 5. The molecule has 0 spiro atoms. The van der Waals surface area contributed by atoms with E-state index in [0.717, 1.165) is 32.8 Å². The van der Waals surface area contributed by atoms with Crippen LogP contribution >= 0.6 is 11.3 Å². The monoisotopic (exact) mass is 475 g/mol. The Balaban J connectivity index is 1.91. The van der Waals surface area contributed by atoms with Gasteiger partial charge in [0.1, 0.15) is 0 Å². The van der Waals surface area contributed by atoms with Crippen LogP contribution in [0.15, 0.2) is 54.7 Å². The van der Waals surface area contributed by atoms with Gasteiger partial charge in [-0.25, -0.2) is 0 Å². The van der Waals surface area contributed by atoms with Gasteiger partial charge in [-0.3, -0.25) is 4.98 Å². The molecule has 2 aromatic heterocycles. The van der Waals surface area contributed by atoms with Crippen LogP contribution in [0.1, 0.15) is 22.3 Å². The molecular weight excluding hydrogens is 460 g/mol. The third-order valence-corrected chi connectivity index (χ3v) is 6.87. The Morgan fingerprint density at radius 3 is 1.94 bits per heavy atom. The van der Waals surface area contributed by atoms with E-state index in [9.17, 15) is 26.3 Å². The molecule has 5 aromatic rings. The first-order valence-electron chi connectivity index (χ1n) is 9.94. The minimum absolute atomic E-state index is 0.0674. The Hall–Kier alpha value is -3.13. The molecule has 0 aliphatic rings.